The van der Waals surface area contributed by atoms with Gasteiger partial charge in [-0.1, -0.05) is 36.9 Å². The van der Waals surface area contributed by atoms with Crippen molar-refractivity contribution in [1.82, 2.24) is 20.2 Å². The first kappa shape index (κ1) is 19.6. The molecule has 6 heteroatoms. The number of pyridine rings is 1. The van der Waals surface area contributed by atoms with E-state index >= 15 is 0 Å². The van der Waals surface area contributed by atoms with Crippen molar-refractivity contribution in [2.24, 2.45) is 4.99 Å². The Hall–Kier alpha value is -4.32. The molecular weight excluding hydrogens is 401 g/mol. The number of allylic oxidation sites excluding steroid dienone is 2. The van der Waals surface area contributed by atoms with E-state index in [1.54, 1.807) is 24.6 Å². The molecule has 2 N–H and O–H groups in total. The fourth-order valence-corrected chi connectivity index (χ4v) is 3.89. The number of nitrogens with zero attached hydrogens (tertiary/aromatic N) is 3. The van der Waals surface area contributed by atoms with Crippen molar-refractivity contribution in [3.05, 3.63) is 90.9 Å². The van der Waals surface area contributed by atoms with Crippen LogP contribution in [0.15, 0.2) is 84.5 Å². The number of rotatable bonds is 5. The van der Waals surface area contributed by atoms with Gasteiger partial charge in [0.2, 0.25) is 0 Å². The SMILES string of the molecule is C=CC=N/C(=C\C)c1ccc2[nH]nc(-c3cc4c(-c5cccc(F)c5)ccnc4[nH]3)c2c1. The molecule has 0 bridgehead atoms. The Kier molecular flexibility index (Phi) is 4.95. The molecule has 0 saturated carbocycles. The van der Waals surface area contributed by atoms with E-state index in [1.165, 1.54) is 12.1 Å². The van der Waals surface area contributed by atoms with Crippen LogP contribution in [0, 0.1) is 5.82 Å². The van der Waals surface area contributed by atoms with E-state index in [2.05, 4.69) is 37.8 Å². The Balaban J connectivity index is 1.65. The summed E-state index contributed by atoms with van der Waals surface area (Å²) in [6, 6.07) is 16.5. The summed E-state index contributed by atoms with van der Waals surface area (Å²) in [5.41, 5.74) is 6.80. The molecule has 5 nitrogen and oxygen atoms in total. The number of hydrogen-bond acceptors (Lipinski definition) is 3. The van der Waals surface area contributed by atoms with Crippen LogP contribution in [-0.2, 0) is 0 Å². The Morgan fingerprint density at radius 2 is 2.00 bits per heavy atom. The van der Waals surface area contributed by atoms with Gasteiger partial charge in [0.25, 0.3) is 0 Å². The summed E-state index contributed by atoms with van der Waals surface area (Å²) in [5.74, 6) is -0.270. The molecule has 5 aromatic rings. The van der Waals surface area contributed by atoms with Gasteiger partial charge in [0, 0.05) is 28.7 Å². The normalized spacial score (nSPS) is 12.2. The van der Waals surface area contributed by atoms with Crippen LogP contribution in [0.2, 0.25) is 0 Å². The highest BCUT2D eigenvalue weighted by Crippen LogP contribution is 2.34. The zero-order valence-electron chi connectivity index (χ0n) is 17.4. The standard InChI is InChI=1S/C26H20FN5/c1-3-11-28-22(4-2)17-8-9-23-21(14-17)25(32-31-23)24-15-20-19(10-12-29-26(20)30-24)16-6-5-7-18(27)13-16/h3-15H,1H2,2H3,(H,29,30)(H,31,32)/b22-4-,28-11?. The second-order valence-electron chi connectivity index (χ2n) is 7.33. The summed E-state index contributed by atoms with van der Waals surface area (Å²) in [7, 11) is 0. The minimum absolute atomic E-state index is 0.270. The van der Waals surface area contributed by atoms with Gasteiger partial charge in [-0.15, -0.1) is 0 Å². The average Bonchev–Trinajstić information content (AvgIpc) is 3.43. The number of aromatic amines is 2. The van der Waals surface area contributed by atoms with E-state index in [4.69, 9.17) is 0 Å². The van der Waals surface area contributed by atoms with E-state index in [0.717, 1.165) is 55.7 Å². The van der Waals surface area contributed by atoms with Crippen molar-refractivity contribution in [3.8, 4) is 22.5 Å². The van der Waals surface area contributed by atoms with E-state index in [1.807, 2.05) is 43.3 Å². The fraction of sp³-hybridized carbons (Fsp3) is 0.0385. The molecule has 3 aromatic heterocycles. The van der Waals surface area contributed by atoms with E-state index in [9.17, 15) is 4.39 Å². The molecule has 0 aliphatic heterocycles. The molecule has 0 fully saturated rings. The topological polar surface area (TPSA) is 69.7 Å². The van der Waals surface area contributed by atoms with Gasteiger partial charge in [-0.3, -0.25) is 10.1 Å². The first-order valence-electron chi connectivity index (χ1n) is 10.2. The van der Waals surface area contributed by atoms with Crippen LogP contribution in [0.4, 0.5) is 4.39 Å². The Morgan fingerprint density at radius 3 is 2.81 bits per heavy atom. The molecule has 0 radical (unpaired) electrons. The largest absolute Gasteiger partial charge is 0.338 e. The maximum atomic E-state index is 13.8. The van der Waals surface area contributed by atoms with Gasteiger partial charge in [0.15, 0.2) is 0 Å². The number of fused-ring (bicyclic) bond motifs is 2. The summed E-state index contributed by atoms with van der Waals surface area (Å²) in [6.45, 7) is 5.64. The van der Waals surface area contributed by atoms with Crippen molar-refractivity contribution in [2.75, 3.05) is 0 Å². The van der Waals surface area contributed by atoms with Crippen molar-refractivity contribution in [1.29, 1.82) is 0 Å². The van der Waals surface area contributed by atoms with Crippen molar-refractivity contribution in [2.45, 2.75) is 6.92 Å². The van der Waals surface area contributed by atoms with Gasteiger partial charge < -0.3 is 4.98 Å². The van der Waals surface area contributed by atoms with Crippen LogP contribution in [0.5, 0.6) is 0 Å². The monoisotopic (exact) mass is 421 g/mol. The molecule has 0 aliphatic carbocycles. The van der Waals surface area contributed by atoms with Crippen LogP contribution < -0.4 is 0 Å². The number of hydrogen-bond donors (Lipinski definition) is 2. The molecule has 0 saturated heterocycles. The maximum Gasteiger partial charge on any atom is 0.138 e. The lowest BCUT2D eigenvalue weighted by Gasteiger charge is -2.03. The molecule has 32 heavy (non-hydrogen) atoms. The summed E-state index contributed by atoms with van der Waals surface area (Å²) in [5, 5.41) is 9.52. The predicted octanol–water partition coefficient (Wildman–Crippen LogP) is 6.53. The molecule has 0 unspecified atom stereocenters. The fourth-order valence-electron chi connectivity index (χ4n) is 3.89. The van der Waals surface area contributed by atoms with Crippen molar-refractivity contribution in [3.63, 3.8) is 0 Å². The number of aromatic nitrogens is 4. The predicted molar refractivity (Wildman–Crippen MR) is 129 cm³/mol. The average molecular weight is 421 g/mol. The first-order chi connectivity index (χ1) is 15.7. The van der Waals surface area contributed by atoms with Gasteiger partial charge in [-0.05, 0) is 54.4 Å². The van der Waals surface area contributed by atoms with E-state index < -0.39 is 0 Å². The summed E-state index contributed by atoms with van der Waals surface area (Å²) in [6.07, 6.45) is 7.00. The smallest absolute Gasteiger partial charge is 0.138 e. The molecule has 0 aliphatic rings. The highest BCUT2D eigenvalue weighted by molar-refractivity contribution is 6.00. The molecule has 2 aromatic carbocycles. The summed E-state index contributed by atoms with van der Waals surface area (Å²) >= 11 is 0. The van der Waals surface area contributed by atoms with E-state index in [-0.39, 0.29) is 5.82 Å². The second-order valence-corrected chi connectivity index (χ2v) is 7.33. The van der Waals surface area contributed by atoms with Crippen LogP contribution in [0.25, 0.3) is 50.1 Å². The van der Waals surface area contributed by atoms with Crippen molar-refractivity contribution >= 4 is 33.8 Å². The summed E-state index contributed by atoms with van der Waals surface area (Å²) in [4.78, 5) is 12.3. The van der Waals surface area contributed by atoms with Crippen LogP contribution >= 0.6 is 0 Å². The van der Waals surface area contributed by atoms with Crippen LogP contribution in [0.3, 0.4) is 0 Å². The Labute approximate surface area is 184 Å². The minimum atomic E-state index is -0.270. The third-order valence-electron chi connectivity index (χ3n) is 5.37. The molecular formula is C26H20FN5. The van der Waals surface area contributed by atoms with Crippen molar-refractivity contribution < 1.29 is 4.39 Å². The van der Waals surface area contributed by atoms with Gasteiger partial charge in [-0.2, -0.15) is 5.10 Å². The van der Waals surface area contributed by atoms with Crippen LogP contribution in [0.1, 0.15) is 12.5 Å². The molecule has 0 amide bonds. The lowest BCUT2D eigenvalue weighted by molar-refractivity contribution is 0.628. The number of benzene rings is 2. The number of nitrogens with one attached hydrogen (secondary N) is 2. The lowest BCUT2D eigenvalue weighted by atomic mass is 10.0. The van der Waals surface area contributed by atoms with Gasteiger partial charge in [-0.25, -0.2) is 9.37 Å². The van der Waals surface area contributed by atoms with E-state index in [0.29, 0.717) is 0 Å². The third kappa shape index (κ3) is 3.41. The Morgan fingerprint density at radius 1 is 1.09 bits per heavy atom. The Bertz CT molecular complexity index is 1520. The second kappa shape index (κ2) is 8.07. The zero-order valence-corrected chi connectivity index (χ0v) is 17.4. The number of H-pyrrole nitrogens is 2. The highest BCUT2D eigenvalue weighted by atomic mass is 19.1. The first-order valence-corrected chi connectivity index (χ1v) is 10.2. The third-order valence-corrected chi connectivity index (χ3v) is 5.37. The highest BCUT2D eigenvalue weighted by Gasteiger charge is 2.15. The quantitative estimate of drug-likeness (QED) is 0.317. The minimum Gasteiger partial charge on any atom is -0.338 e. The summed E-state index contributed by atoms with van der Waals surface area (Å²) < 4.78 is 13.8. The van der Waals surface area contributed by atoms with Gasteiger partial charge in [0.1, 0.15) is 17.2 Å². The molecule has 0 atom stereocenters. The molecule has 0 spiro atoms. The van der Waals surface area contributed by atoms with Gasteiger partial charge >= 0.3 is 0 Å². The number of halogens is 1. The lowest BCUT2D eigenvalue weighted by Crippen LogP contribution is -1.83. The molecule has 5 rings (SSSR count). The van der Waals surface area contributed by atoms with Crippen LogP contribution in [-0.4, -0.2) is 26.4 Å². The van der Waals surface area contributed by atoms with Gasteiger partial charge in [0.05, 0.1) is 16.9 Å². The molecule has 3 heterocycles. The molecule has 156 valence electrons. The number of aliphatic imine (C=N–C) groups is 1. The maximum absolute atomic E-state index is 13.8. The zero-order chi connectivity index (χ0) is 22.1.